The summed E-state index contributed by atoms with van der Waals surface area (Å²) in [5, 5.41) is 2.88. The van der Waals surface area contributed by atoms with Crippen LogP contribution in [0.5, 0.6) is 11.5 Å². The second kappa shape index (κ2) is 4.94. The predicted octanol–water partition coefficient (Wildman–Crippen LogP) is 4.83. The number of halogens is 1. The van der Waals surface area contributed by atoms with Crippen molar-refractivity contribution in [2.24, 2.45) is 0 Å². The monoisotopic (exact) mass is 345 g/mol. The summed E-state index contributed by atoms with van der Waals surface area (Å²) < 4.78 is 19.9. The molecule has 0 atom stereocenters. The van der Waals surface area contributed by atoms with Crippen LogP contribution in [-0.4, -0.2) is 5.91 Å². The van der Waals surface area contributed by atoms with Crippen molar-refractivity contribution in [3.63, 3.8) is 0 Å². The third kappa shape index (κ3) is 1.79. The van der Waals surface area contributed by atoms with Crippen LogP contribution in [0, 0.1) is 19.7 Å². The third-order valence-electron chi connectivity index (χ3n) is 5.27. The minimum absolute atomic E-state index is 0.180. The zero-order valence-electron chi connectivity index (χ0n) is 14.4. The van der Waals surface area contributed by atoms with Gasteiger partial charge in [-0.2, -0.15) is 0 Å². The highest BCUT2D eigenvalue weighted by Gasteiger charge is 2.54. The summed E-state index contributed by atoms with van der Waals surface area (Å²) in [5.41, 5.74) is 3.88. The minimum Gasteiger partial charge on any atom is -0.457 e. The summed E-state index contributed by atoms with van der Waals surface area (Å²) in [6, 6.07) is 16.2. The van der Waals surface area contributed by atoms with Gasteiger partial charge in [0.15, 0.2) is 0 Å². The number of hydrogen-bond acceptors (Lipinski definition) is 2. The van der Waals surface area contributed by atoms with Gasteiger partial charge in [0.2, 0.25) is 5.91 Å². The van der Waals surface area contributed by atoms with Gasteiger partial charge in [-0.15, -0.1) is 0 Å². The van der Waals surface area contributed by atoms with E-state index in [1.54, 1.807) is 6.07 Å². The number of rotatable bonds is 0. The highest BCUT2D eigenvalue weighted by Crippen LogP contribution is 2.56. The summed E-state index contributed by atoms with van der Waals surface area (Å²) in [7, 11) is 0. The molecule has 0 saturated heterocycles. The number of benzene rings is 3. The van der Waals surface area contributed by atoms with E-state index in [0.717, 1.165) is 27.8 Å². The smallest absolute Gasteiger partial charge is 0.244 e. The maximum Gasteiger partial charge on any atom is 0.244 e. The average molecular weight is 345 g/mol. The van der Waals surface area contributed by atoms with Crippen molar-refractivity contribution in [2.75, 3.05) is 5.32 Å². The fraction of sp³-hybridized carbons (Fsp3) is 0.136. The summed E-state index contributed by atoms with van der Waals surface area (Å²) >= 11 is 0. The lowest BCUT2D eigenvalue weighted by molar-refractivity contribution is -0.118. The van der Waals surface area contributed by atoms with Gasteiger partial charge in [-0.05, 0) is 38.1 Å². The Balaban J connectivity index is 1.95. The molecule has 0 aliphatic carbocycles. The van der Waals surface area contributed by atoms with Gasteiger partial charge in [-0.3, -0.25) is 4.79 Å². The van der Waals surface area contributed by atoms with Crippen molar-refractivity contribution in [2.45, 2.75) is 19.3 Å². The van der Waals surface area contributed by atoms with Gasteiger partial charge in [0.05, 0.1) is 0 Å². The number of fused-ring (bicyclic) bond motifs is 6. The zero-order valence-corrected chi connectivity index (χ0v) is 14.4. The molecule has 1 amide bonds. The molecule has 2 aliphatic heterocycles. The average Bonchev–Trinajstić information content (AvgIpc) is 2.88. The van der Waals surface area contributed by atoms with Crippen molar-refractivity contribution < 1.29 is 13.9 Å². The summed E-state index contributed by atoms with van der Waals surface area (Å²) in [5.74, 6) is 0.751. The van der Waals surface area contributed by atoms with Gasteiger partial charge in [0.1, 0.15) is 22.7 Å². The Labute approximate surface area is 150 Å². The Morgan fingerprint density at radius 3 is 2.08 bits per heavy atom. The molecule has 0 unspecified atom stereocenters. The first-order valence-electron chi connectivity index (χ1n) is 8.52. The zero-order chi connectivity index (χ0) is 18.1. The number of amides is 1. The van der Waals surface area contributed by atoms with Crippen LogP contribution in [0.1, 0.15) is 27.8 Å². The van der Waals surface area contributed by atoms with Crippen LogP contribution in [0.2, 0.25) is 0 Å². The Kier molecular flexibility index (Phi) is 2.88. The molecule has 5 rings (SSSR count). The summed E-state index contributed by atoms with van der Waals surface area (Å²) in [6.07, 6.45) is 0. The van der Waals surface area contributed by atoms with Gasteiger partial charge >= 0.3 is 0 Å². The number of nitrogens with one attached hydrogen (secondary N) is 1. The van der Waals surface area contributed by atoms with E-state index in [0.29, 0.717) is 17.2 Å². The first-order valence-corrected chi connectivity index (χ1v) is 8.52. The molecule has 128 valence electrons. The molecule has 0 fully saturated rings. The topological polar surface area (TPSA) is 38.3 Å². The summed E-state index contributed by atoms with van der Waals surface area (Å²) in [4.78, 5) is 13.4. The highest BCUT2D eigenvalue weighted by molar-refractivity contribution is 6.12. The molecule has 2 heterocycles. The van der Waals surface area contributed by atoms with Gasteiger partial charge in [0.25, 0.3) is 0 Å². The van der Waals surface area contributed by atoms with Gasteiger partial charge < -0.3 is 10.1 Å². The molecule has 26 heavy (non-hydrogen) atoms. The second-order valence-corrected chi connectivity index (χ2v) is 7.00. The third-order valence-corrected chi connectivity index (χ3v) is 5.27. The molecule has 1 spiro atoms. The number of hydrogen-bond donors (Lipinski definition) is 1. The SMILES string of the molecule is Cc1ccc2c(c1)C1(C(=O)Nc3cc(F)ccc31)c1cc(C)ccc1O2. The standard InChI is InChI=1S/C22H16FNO2/c1-12-3-7-19-16(9-12)22(17-10-13(2)4-8-20(17)26-19)15-6-5-14(23)11-18(15)24-21(22)25/h3-11H,1-2H3,(H,24,25). The molecule has 0 bridgehead atoms. The van der Waals surface area contributed by atoms with Crippen LogP contribution in [0.3, 0.4) is 0 Å². The second-order valence-electron chi connectivity index (χ2n) is 7.00. The van der Waals surface area contributed by atoms with E-state index in [1.807, 2.05) is 50.2 Å². The van der Waals surface area contributed by atoms with Crippen LogP contribution in [0.15, 0.2) is 54.6 Å². The van der Waals surface area contributed by atoms with Gasteiger partial charge in [0, 0.05) is 22.4 Å². The Morgan fingerprint density at radius 2 is 1.46 bits per heavy atom. The van der Waals surface area contributed by atoms with Crippen molar-refractivity contribution in [1.82, 2.24) is 0 Å². The largest absolute Gasteiger partial charge is 0.457 e. The Hall–Kier alpha value is -3.14. The normalized spacial score (nSPS) is 15.7. The van der Waals surface area contributed by atoms with Crippen molar-refractivity contribution >= 4 is 11.6 Å². The summed E-state index contributed by atoms with van der Waals surface area (Å²) in [6.45, 7) is 3.97. The fourth-order valence-corrected chi connectivity index (χ4v) is 4.14. The van der Waals surface area contributed by atoms with E-state index < -0.39 is 5.41 Å². The maximum atomic E-state index is 13.8. The number of aryl methyl sites for hydroxylation is 2. The first-order chi connectivity index (χ1) is 12.5. The quantitative estimate of drug-likeness (QED) is 0.633. The van der Waals surface area contributed by atoms with Crippen LogP contribution >= 0.6 is 0 Å². The molecular formula is C22H16FNO2. The van der Waals surface area contributed by atoms with Crippen LogP contribution in [-0.2, 0) is 10.2 Å². The van der Waals surface area contributed by atoms with Gasteiger partial charge in [-0.1, -0.05) is 41.5 Å². The lowest BCUT2D eigenvalue weighted by Gasteiger charge is -2.36. The van der Waals surface area contributed by atoms with Crippen LogP contribution < -0.4 is 10.1 Å². The minimum atomic E-state index is -1.04. The maximum absolute atomic E-state index is 13.8. The molecule has 1 N–H and O–H groups in total. The van der Waals surface area contributed by atoms with E-state index >= 15 is 0 Å². The lowest BCUT2D eigenvalue weighted by Crippen LogP contribution is -2.39. The molecule has 0 saturated carbocycles. The lowest BCUT2D eigenvalue weighted by atomic mass is 9.68. The van der Waals surface area contributed by atoms with Crippen molar-refractivity contribution in [3.05, 3.63) is 88.2 Å². The molecule has 0 aromatic heterocycles. The number of anilines is 1. The molecule has 2 aliphatic rings. The molecule has 3 aromatic carbocycles. The van der Waals surface area contributed by atoms with Gasteiger partial charge in [-0.25, -0.2) is 4.39 Å². The number of carbonyl (C=O) groups excluding carboxylic acids is 1. The Morgan fingerprint density at radius 1 is 0.846 bits per heavy atom. The van der Waals surface area contributed by atoms with Crippen molar-refractivity contribution in [1.29, 1.82) is 0 Å². The van der Waals surface area contributed by atoms with Crippen LogP contribution in [0.4, 0.5) is 10.1 Å². The predicted molar refractivity (Wildman–Crippen MR) is 97.3 cm³/mol. The van der Waals surface area contributed by atoms with Crippen molar-refractivity contribution in [3.8, 4) is 11.5 Å². The number of ether oxygens (including phenoxy) is 1. The van der Waals surface area contributed by atoms with E-state index in [-0.39, 0.29) is 11.7 Å². The molecular weight excluding hydrogens is 329 g/mol. The molecule has 0 radical (unpaired) electrons. The van der Waals surface area contributed by atoms with E-state index in [2.05, 4.69) is 5.32 Å². The van der Waals surface area contributed by atoms with Crippen LogP contribution in [0.25, 0.3) is 0 Å². The van der Waals surface area contributed by atoms with E-state index in [9.17, 15) is 9.18 Å². The highest BCUT2D eigenvalue weighted by atomic mass is 19.1. The first kappa shape index (κ1) is 15.1. The molecule has 4 heteroatoms. The van der Waals surface area contributed by atoms with E-state index in [4.69, 9.17) is 4.74 Å². The fourth-order valence-electron chi connectivity index (χ4n) is 4.14. The number of carbonyl (C=O) groups is 1. The molecule has 3 nitrogen and oxygen atoms in total. The Bertz CT molecular complexity index is 1050. The molecule has 3 aromatic rings. The van der Waals surface area contributed by atoms with E-state index in [1.165, 1.54) is 12.1 Å².